The molecule has 4 heteroatoms. The van der Waals surface area contributed by atoms with Gasteiger partial charge in [-0.1, -0.05) is 116 Å². The Morgan fingerprint density at radius 3 is 1.95 bits per heavy atom. The third-order valence-electron chi connectivity index (χ3n) is 8.10. The number of rotatable bonds is 3. The average Bonchev–Trinajstić information content (AvgIpc) is 3.23. The van der Waals surface area contributed by atoms with Crippen molar-refractivity contribution in [1.29, 1.82) is 0 Å². The van der Waals surface area contributed by atoms with E-state index in [0.29, 0.717) is 11.6 Å². The summed E-state index contributed by atoms with van der Waals surface area (Å²) in [5.74, 6) is 1.17. The van der Waals surface area contributed by atoms with Crippen molar-refractivity contribution in [2.75, 3.05) is 0 Å². The first kappa shape index (κ1) is 22.4. The molecule has 2 aliphatic rings. The van der Waals surface area contributed by atoms with Gasteiger partial charge in [0.25, 0.3) is 0 Å². The number of halogens is 1. The minimum Gasteiger partial charge on any atom is -0.208 e. The van der Waals surface area contributed by atoms with Crippen molar-refractivity contribution in [3.05, 3.63) is 113 Å². The van der Waals surface area contributed by atoms with E-state index in [2.05, 4.69) is 70.6 Å². The van der Waals surface area contributed by atoms with E-state index in [1.54, 1.807) is 0 Å². The lowest BCUT2D eigenvalue weighted by Crippen LogP contribution is -2.27. The van der Waals surface area contributed by atoms with Crippen LogP contribution in [0.25, 0.3) is 45.0 Å². The molecular formula is C33H26ClN3. The fraction of sp³-hybridized carbons (Fsp3) is 0.182. The van der Waals surface area contributed by atoms with Gasteiger partial charge in [-0.05, 0) is 57.8 Å². The van der Waals surface area contributed by atoms with Gasteiger partial charge in [-0.2, -0.15) is 9.97 Å². The van der Waals surface area contributed by atoms with Gasteiger partial charge in [0.1, 0.15) is 0 Å². The van der Waals surface area contributed by atoms with Gasteiger partial charge in [0.15, 0.2) is 11.6 Å². The van der Waals surface area contributed by atoms with E-state index in [4.69, 9.17) is 16.6 Å². The second-order valence-electron chi connectivity index (χ2n) is 10.1. The van der Waals surface area contributed by atoms with Crippen LogP contribution in [0.4, 0.5) is 0 Å². The minimum atomic E-state index is 0.117. The Labute approximate surface area is 222 Å². The van der Waals surface area contributed by atoms with Crippen LogP contribution < -0.4 is 0 Å². The van der Waals surface area contributed by atoms with Crippen molar-refractivity contribution in [2.24, 2.45) is 0 Å². The van der Waals surface area contributed by atoms with Gasteiger partial charge in [-0.15, -0.1) is 0 Å². The molecule has 1 spiro atoms. The van der Waals surface area contributed by atoms with E-state index < -0.39 is 0 Å². The van der Waals surface area contributed by atoms with Gasteiger partial charge in [0.2, 0.25) is 5.28 Å². The maximum atomic E-state index is 6.44. The molecule has 3 nitrogen and oxygen atoms in total. The standard InChI is InChI=1S/C33H26ClN3/c34-32-36-30(22-12-3-1-4-13-22)35-31(37-32)25-15-6-5-14-23(25)24-17-11-19-28-29(24)26-16-7-8-18-27(26)33(28)20-9-2-10-21-33/h1,3-8,11-19H,2,9-10,20-21H2. The highest BCUT2D eigenvalue weighted by molar-refractivity contribution is 6.28. The molecule has 0 unspecified atom stereocenters. The Balaban J connectivity index is 1.45. The van der Waals surface area contributed by atoms with Crippen LogP contribution in [0.3, 0.4) is 0 Å². The number of hydrogen-bond donors (Lipinski definition) is 0. The van der Waals surface area contributed by atoms with Crippen LogP contribution in [0, 0.1) is 0 Å². The fourth-order valence-corrected chi connectivity index (χ4v) is 6.68. The van der Waals surface area contributed by atoms with Gasteiger partial charge in [0.05, 0.1) is 0 Å². The molecule has 7 rings (SSSR count). The summed E-state index contributed by atoms with van der Waals surface area (Å²) in [5, 5.41) is 0.198. The molecule has 1 heterocycles. The van der Waals surface area contributed by atoms with Gasteiger partial charge < -0.3 is 0 Å². The highest BCUT2D eigenvalue weighted by atomic mass is 35.5. The van der Waals surface area contributed by atoms with Gasteiger partial charge in [-0.3, -0.25) is 0 Å². The number of hydrogen-bond acceptors (Lipinski definition) is 3. The molecular weight excluding hydrogens is 474 g/mol. The number of aromatic nitrogens is 3. The summed E-state index contributed by atoms with van der Waals surface area (Å²) in [6, 6.07) is 34.2. The van der Waals surface area contributed by atoms with E-state index in [1.807, 2.05) is 36.4 Å². The first-order valence-corrected chi connectivity index (χ1v) is 13.4. The molecule has 37 heavy (non-hydrogen) atoms. The topological polar surface area (TPSA) is 38.7 Å². The molecule has 0 aliphatic heterocycles. The van der Waals surface area contributed by atoms with E-state index >= 15 is 0 Å². The van der Waals surface area contributed by atoms with E-state index in [-0.39, 0.29) is 10.7 Å². The quantitative estimate of drug-likeness (QED) is 0.249. The monoisotopic (exact) mass is 499 g/mol. The lowest BCUT2D eigenvalue weighted by Gasteiger charge is -2.36. The largest absolute Gasteiger partial charge is 0.226 e. The predicted molar refractivity (Wildman–Crippen MR) is 150 cm³/mol. The Bertz CT molecular complexity index is 1620. The summed E-state index contributed by atoms with van der Waals surface area (Å²) in [4.78, 5) is 13.9. The molecule has 0 saturated heterocycles. The summed E-state index contributed by atoms with van der Waals surface area (Å²) in [7, 11) is 0. The van der Waals surface area contributed by atoms with Crippen LogP contribution in [0.1, 0.15) is 43.2 Å². The maximum Gasteiger partial charge on any atom is 0.226 e. The van der Waals surface area contributed by atoms with E-state index in [9.17, 15) is 0 Å². The molecule has 5 aromatic rings. The maximum absolute atomic E-state index is 6.44. The molecule has 0 bridgehead atoms. The van der Waals surface area contributed by atoms with Crippen molar-refractivity contribution in [2.45, 2.75) is 37.5 Å². The first-order chi connectivity index (χ1) is 18.2. The summed E-state index contributed by atoms with van der Waals surface area (Å²) in [6.07, 6.45) is 6.31. The van der Waals surface area contributed by atoms with Crippen LogP contribution in [0.5, 0.6) is 0 Å². The van der Waals surface area contributed by atoms with Crippen molar-refractivity contribution in [3.8, 4) is 45.0 Å². The average molecular weight is 500 g/mol. The molecule has 0 N–H and O–H groups in total. The van der Waals surface area contributed by atoms with Crippen molar-refractivity contribution < 1.29 is 0 Å². The lowest BCUT2D eigenvalue weighted by molar-refractivity contribution is 0.353. The highest BCUT2D eigenvalue weighted by Crippen LogP contribution is 2.58. The molecule has 1 saturated carbocycles. The fourth-order valence-electron chi connectivity index (χ4n) is 6.52. The van der Waals surface area contributed by atoms with Crippen LogP contribution in [-0.4, -0.2) is 15.0 Å². The molecule has 1 fully saturated rings. The smallest absolute Gasteiger partial charge is 0.208 e. The zero-order valence-corrected chi connectivity index (χ0v) is 21.2. The van der Waals surface area contributed by atoms with Crippen molar-refractivity contribution in [3.63, 3.8) is 0 Å². The summed E-state index contributed by atoms with van der Waals surface area (Å²) in [6.45, 7) is 0. The Hall–Kier alpha value is -3.82. The lowest BCUT2D eigenvalue weighted by atomic mass is 9.67. The second kappa shape index (κ2) is 8.93. The van der Waals surface area contributed by atoms with E-state index in [0.717, 1.165) is 16.7 Å². The van der Waals surface area contributed by atoms with Crippen molar-refractivity contribution >= 4 is 11.6 Å². The SMILES string of the molecule is Clc1nc(-c2ccccc2)nc(-c2ccccc2-c2cccc3c2-c2ccccc2C32CCCCC2)n1. The molecule has 2 aliphatic carbocycles. The summed E-state index contributed by atoms with van der Waals surface area (Å²) >= 11 is 6.44. The number of benzene rings is 4. The molecule has 0 amide bonds. The Morgan fingerprint density at radius 1 is 0.514 bits per heavy atom. The molecule has 0 radical (unpaired) electrons. The zero-order valence-electron chi connectivity index (χ0n) is 20.5. The highest BCUT2D eigenvalue weighted by Gasteiger charge is 2.44. The van der Waals surface area contributed by atoms with Gasteiger partial charge in [-0.25, -0.2) is 4.98 Å². The second-order valence-corrected chi connectivity index (χ2v) is 10.4. The predicted octanol–water partition coefficient (Wildman–Crippen LogP) is 8.76. The molecule has 0 atom stereocenters. The molecule has 4 aromatic carbocycles. The van der Waals surface area contributed by atoms with Crippen LogP contribution >= 0.6 is 11.6 Å². The van der Waals surface area contributed by atoms with Crippen LogP contribution in [0.2, 0.25) is 5.28 Å². The van der Waals surface area contributed by atoms with Gasteiger partial charge in [0, 0.05) is 16.5 Å². The third kappa shape index (κ3) is 3.60. The Kier molecular flexibility index (Phi) is 5.40. The van der Waals surface area contributed by atoms with Crippen LogP contribution in [0.15, 0.2) is 97.1 Å². The summed E-state index contributed by atoms with van der Waals surface area (Å²) in [5.41, 5.74) is 10.0. The van der Waals surface area contributed by atoms with E-state index in [1.165, 1.54) is 59.9 Å². The molecule has 1 aromatic heterocycles. The minimum absolute atomic E-state index is 0.117. The van der Waals surface area contributed by atoms with Crippen LogP contribution in [-0.2, 0) is 5.41 Å². The third-order valence-corrected chi connectivity index (χ3v) is 8.27. The van der Waals surface area contributed by atoms with Gasteiger partial charge >= 0.3 is 0 Å². The number of fused-ring (bicyclic) bond motifs is 5. The summed E-state index contributed by atoms with van der Waals surface area (Å²) < 4.78 is 0. The first-order valence-electron chi connectivity index (χ1n) is 13.0. The van der Waals surface area contributed by atoms with Crippen molar-refractivity contribution in [1.82, 2.24) is 15.0 Å². The number of nitrogens with zero attached hydrogens (tertiary/aromatic N) is 3. The molecule has 180 valence electrons. The zero-order chi connectivity index (χ0) is 24.8. The Morgan fingerprint density at radius 2 is 1.14 bits per heavy atom. The normalized spacial score (nSPS) is 15.4.